The van der Waals surface area contributed by atoms with E-state index in [4.69, 9.17) is 14.2 Å². The van der Waals surface area contributed by atoms with E-state index in [0.29, 0.717) is 30.0 Å². The number of anilines is 1. The van der Waals surface area contributed by atoms with E-state index >= 15 is 0 Å². The second-order valence-electron chi connectivity index (χ2n) is 10.7. The Morgan fingerprint density at radius 2 is 1.43 bits per heavy atom. The van der Waals surface area contributed by atoms with Crippen molar-refractivity contribution in [2.75, 3.05) is 38.7 Å². The highest BCUT2D eigenvalue weighted by Gasteiger charge is 2.35. The van der Waals surface area contributed by atoms with Crippen molar-refractivity contribution in [3.05, 3.63) is 114 Å². The van der Waals surface area contributed by atoms with Crippen LogP contribution in [0, 0.1) is 0 Å². The Kier molecular flexibility index (Phi) is 12.2. The largest absolute Gasteiger partial charge is 0.497 e. The molecule has 0 bridgehead atoms. The van der Waals surface area contributed by atoms with E-state index in [1.165, 1.54) is 37.3 Å². The summed E-state index contributed by atoms with van der Waals surface area (Å²) in [6.45, 7) is 1.83. The highest BCUT2D eigenvalue weighted by Crippen LogP contribution is 2.32. The van der Waals surface area contributed by atoms with Crippen LogP contribution in [0.25, 0.3) is 0 Å². The lowest BCUT2D eigenvalue weighted by Crippen LogP contribution is -2.53. The van der Waals surface area contributed by atoms with Crippen LogP contribution in [0.4, 0.5) is 5.69 Å². The Balaban J connectivity index is 1.81. The Bertz CT molecular complexity index is 1730. The highest BCUT2D eigenvalue weighted by atomic mass is 32.2. The Morgan fingerprint density at radius 1 is 0.766 bits per heavy atom. The molecule has 0 saturated carbocycles. The monoisotopic (exact) mass is 659 g/mol. The van der Waals surface area contributed by atoms with Gasteiger partial charge in [-0.05, 0) is 53.9 Å². The number of hydrogen-bond donors (Lipinski definition) is 1. The first-order valence-electron chi connectivity index (χ1n) is 15.3. The fraction of sp³-hybridized carbons (Fsp3) is 0.278. The summed E-state index contributed by atoms with van der Waals surface area (Å²) >= 11 is 0. The summed E-state index contributed by atoms with van der Waals surface area (Å²) in [6, 6.07) is 28.3. The molecular weight excluding hydrogens is 618 g/mol. The molecule has 1 N–H and O–H groups in total. The van der Waals surface area contributed by atoms with Crippen molar-refractivity contribution in [3.63, 3.8) is 0 Å². The van der Waals surface area contributed by atoms with Crippen molar-refractivity contribution in [1.29, 1.82) is 0 Å². The van der Waals surface area contributed by atoms with E-state index in [1.54, 1.807) is 55.6 Å². The second-order valence-corrected chi connectivity index (χ2v) is 12.6. The van der Waals surface area contributed by atoms with Gasteiger partial charge in [-0.15, -0.1) is 0 Å². The van der Waals surface area contributed by atoms with E-state index in [0.717, 1.165) is 9.87 Å². The zero-order chi connectivity index (χ0) is 33.8. The quantitative estimate of drug-likeness (QED) is 0.179. The summed E-state index contributed by atoms with van der Waals surface area (Å²) in [6.07, 6.45) is 0.929. The zero-order valence-corrected chi connectivity index (χ0v) is 27.9. The van der Waals surface area contributed by atoms with Gasteiger partial charge in [0.25, 0.3) is 10.0 Å². The summed E-state index contributed by atoms with van der Waals surface area (Å²) in [7, 11) is 0.113. The van der Waals surface area contributed by atoms with Crippen LogP contribution in [0.5, 0.6) is 17.2 Å². The van der Waals surface area contributed by atoms with Gasteiger partial charge in [0.05, 0.1) is 31.9 Å². The lowest BCUT2D eigenvalue weighted by Gasteiger charge is -2.34. The molecule has 11 heteroatoms. The number of benzene rings is 4. The van der Waals surface area contributed by atoms with E-state index < -0.39 is 28.5 Å². The third kappa shape index (κ3) is 8.82. The molecule has 0 aromatic heterocycles. The smallest absolute Gasteiger partial charge is 0.264 e. The maximum Gasteiger partial charge on any atom is 0.264 e. The molecule has 248 valence electrons. The van der Waals surface area contributed by atoms with Crippen molar-refractivity contribution < 1.29 is 32.2 Å². The van der Waals surface area contributed by atoms with Gasteiger partial charge in [-0.2, -0.15) is 0 Å². The van der Waals surface area contributed by atoms with Crippen LogP contribution in [0.1, 0.15) is 24.5 Å². The molecule has 0 aliphatic rings. The molecule has 4 rings (SSSR count). The molecule has 0 radical (unpaired) electrons. The molecule has 1 unspecified atom stereocenters. The van der Waals surface area contributed by atoms with Crippen molar-refractivity contribution in [3.8, 4) is 17.2 Å². The first-order chi connectivity index (χ1) is 22.7. The maximum atomic E-state index is 14.6. The predicted molar refractivity (Wildman–Crippen MR) is 181 cm³/mol. The number of methoxy groups -OCH3 is 3. The molecule has 10 nitrogen and oxygen atoms in total. The lowest BCUT2D eigenvalue weighted by atomic mass is 10.0. The number of hydrogen-bond acceptors (Lipinski definition) is 7. The third-order valence-corrected chi connectivity index (χ3v) is 9.34. The fourth-order valence-electron chi connectivity index (χ4n) is 5.11. The number of rotatable bonds is 16. The minimum Gasteiger partial charge on any atom is -0.497 e. The number of amides is 2. The second kappa shape index (κ2) is 16.5. The van der Waals surface area contributed by atoms with Crippen LogP contribution < -0.4 is 23.8 Å². The van der Waals surface area contributed by atoms with Crippen molar-refractivity contribution in [2.24, 2.45) is 0 Å². The van der Waals surface area contributed by atoms with Crippen LogP contribution in [-0.4, -0.2) is 65.6 Å². The van der Waals surface area contributed by atoms with Crippen LogP contribution in [0.2, 0.25) is 0 Å². The zero-order valence-electron chi connectivity index (χ0n) is 27.1. The van der Waals surface area contributed by atoms with E-state index in [-0.39, 0.29) is 35.2 Å². The standard InChI is InChI=1S/C36H41N3O7S/c1-5-21-37-36(41)32(23-27-13-8-6-9-14-27)38(25-28-15-12-18-30(22-28)44-2)35(40)26-39(29-16-10-7-11-17-29)47(42,43)31-19-20-33(45-3)34(24-31)46-4/h6-20,22,24,32H,5,21,23,25-26H2,1-4H3,(H,37,41). The predicted octanol–water partition coefficient (Wildman–Crippen LogP) is 5.07. The molecule has 2 amide bonds. The van der Waals surface area contributed by atoms with Crippen LogP contribution in [-0.2, 0) is 32.6 Å². The summed E-state index contributed by atoms with van der Waals surface area (Å²) in [5.74, 6) is 0.282. The fourth-order valence-corrected chi connectivity index (χ4v) is 6.54. The molecule has 1 atom stereocenters. The first-order valence-corrected chi connectivity index (χ1v) is 16.7. The number of nitrogens with one attached hydrogen (secondary N) is 1. The van der Waals surface area contributed by atoms with Crippen LogP contribution >= 0.6 is 0 Å². The summed E-state index contributed by atoms with van der Waals surface area (Å²) in [5, 5.41) is 2.95. The Labute approximate surface area is 276 Å². The van der Waals surface area contributed by atoms with Gasteiger partial charge in [0.1, 0.15) is 18.3 Å². The minimum atomic E-state index is -4.31. The van der Waals surface area contributed by atoms with Gasteiger partial charge in [0, 0.05) is 25.6 Å². The number of sulfonamides is 1. The number of para-hydroxylation sites is 1. The van der Waals surface area contributed by atoms with Crippen LogP contribution in [0.15, 0.2) is 108 Å². The van der Waals surface area contributed by atoms with E-state index in [1.807, 2.05) is 43.3 Å². The molecule has 4 aromatic rings. The van der Waals surface area contributed by atoms with Gasteiger partial charge in [-0.1, -0.05) is 67.6 Å². The molecule has 0 aliphatic carbocycles. The van der Waals surface area contributed by atoms with Crippen LogP contribution in [0.3, 0.4) is 0 Å². The number of carbonyl (C=O) groups excluding carboxylic acids is 2. The average Bonchev–Trinajstić information content (AvgIpc) is 3.11. The first kappa shape index (κ1) is 34.8. The Hall–Kier alpha value is -5.03. The van der Waals surface area contributed by atoms with E-state index in [9.17, 15) is 18.0 Å². The number of nitrogens with zero attached hydrogens (tertiary/aromatic N) is 2. The maximum absolute atomic E-state index is 14.6. The molecule has 0 fully saturated rings. The van der Waals surface area contributed by atoms with Gasteiger partial charge >= 0.3 is 0 Å². The lowest BCUT2D eigenvalue weighted by molar-refractivity contribution is -0.140. The Morgan fingerprint density at radius 3 is 2.06 bits per heavy atom. The average molecular weight is 660 g/mol. The van der Waals surface area contributed by atoms with Gasteiger partial charge < -0.3 is 24.4 Å². The molecular formula is C36H41N3O7S. The van der Waals surface area contributed by atoms with Gasteiger partial charge in [-0.3, -0.25) is 13.9 Å². The number of ether oxygens (including phenoxy) is 3. The molecule has 4 aromatic carbocycles. The summed E-state index contributed by atoms with van der Waals surface area (Å²) in [4.78, 5) is 29.7. The normalized spacial score (nSPS) is 11.7. The topological polar surface area (TPSA) is 114 Å². The van der Waals surface area contributed by atoms with Crippen molar-refractivity contribution >= 4 is 27.5 Å². The SMILES string of the molecule is CCCNC(=O)C(Cc1ccccc1)N(Cc1cccc(OC)c1)C(=O)CN(c1ccccc1)S(=O)(=O)c1ccc(OC)c(OC)c1. The van der Waals surface area contributed by atoms with E-state index in [2.05, 4.69) is 5.32 Å². The van der Waals surface area contributed by atoms with Crippen molar-refractivity contribution in [1.82, 2.24) is 10.2 Å². The van der Waals surface area contributed by atoms with Gasteiger partial charge in [0.2, 0.25) is 11.8 Å². The minimum absolute atomic E-state index is 0.0338. The molecule has 0 aliphatic heterocycles. The van der Waals surface area contributed by atoms with Gasteiger partial charge in [-0.25, -0.2) is 8.42 Å². The molecule has 47 heavy (non-hydrogen) atoms. The van der Waals surface area contributed by atoms with Crippen molar-refractivity contribution in [2.45, 2.75) is 37.2 Å². The summed E-state index contributed by atoms with van der Waals surface area (Å²) < 4.78 is 45.7. The molecule has 0 saturated heterocycles. The third-order valence-electron chi connectivity index (χ3n) is 7.57. The molecule has 0 spiro atoms. The summed E-state index contributed by atoms with van der Waals surface area (Å²) in [5.41, 5.74) is 1.85. The molecule has 0 heterocycles. The highest BCUT2D eigenvalue weighted by molar-refractivity contribution is 7.92. The van der Waals surface area contributed by atoms with Gasteiger partial charge in [0.15, 0.2) is 11.5 Å². The number of carbonyl (C=O) groups is 2.